The van der Waals surface area contributed by atoms with E-state index >= 15 is 0 Å². The summed E-state index contributed by atoms with van der Waals surface area (Å²) < 4.78 is 2.17. The number of aromatic nitrogens is 3. The molecule has 5 heteroatoms. The Hall–Kier alpha value is -2.17. The van der Waals surface area contributed by atoms with E-state index in [-0.39, 0.29) is 5.91 Å². The summed E-state index contributed by atoms with van der Waals surface area (Å²) in [6.45, 7) is 3.10. The maximum absolute atomic E-state index is 12.1. The van der Waals surface area contributed by atoms with Gasteiger partial charge in [-0.3, -0.25) is 4.79 Å². The highest BCUT2D eigenvalue weighted by molar-refractivity contribution is 5.91. The van der Waals surface area contributed by atoms with Crippen LogP contribution in [0.2, 0.25) is 0 Å². The molecule has 0 saturated carbocycles. The van der Waals surface area contributed by atoms with Crippen LogP contribution in [0, 0.1) is 0 Å². The van der Waals surface area contributed by atoms with Crippen LogP contribution in [0.15, 0.2) is 24.5 Å². The highest BCUT2D eigenvalue weighted by Crippen LogP contribution is 2.15. The van der Waals surface area contributed by atoms with Crippen molar-refractivity contribution in [3.8, 4) is 0 Å². The van der Waals surface area contributed by atoms with Crippen molar-refractivity contribution in [2.45, 2.75) is 45.6 Å². The lowest BCUT2D eigenvalue weighted by atomic mass is 10.2. The predicted octanol–water partition coefficient (Wildman–Crippen LogP) is 2.36. The molecule has 3 rings (SSSR count). The van der Waals surface area contributed by atoms with Crippen molar-refractivity contribution in [1.82, 2.24) is 14.5 Å². The van der Waals surface area contributed by atoms with Crippen LogP contribution in [0.4, 0.5) is 5.82 Å². The number of rotatable bonds is 4. The van der Waals surface area contributed by atoms with Gasteiger partial charge < -0.3 is 9.88 Å². The zero-order valence-corrected chi connectivity index (χ0v) is 12.3. The lowest BCUT2D eigenvalue weighted by Gasteiger charge is -2.11. The Morgan fingerprint density at radius 3 is 3.14 bits per heavy atom. The third-order valence-electron chi connectivity index (χ3n) is 3.80. The van der Waals surface area contributed by atoms with Crippen LogP contribution in [0.1, 0.15) is 36.8 Å². The first kappa shape index (κ1) is 13.8. The molecule has 0 radical (unpaired) electrons. The van der Waals surface area contributed by atoms with Crippen LogP contribution in [0.5, 0.6) is 0 Å². The molecule has 1 aliphatic heterocycles. The van der Waals surface area contributed by atoms with Crippen LogP contribution in [-0.4, -0.2) is 20.4 Å². The van der Waals surface area contributed by atoms with Crippen LogP contribution >= 0.6 is 0 Å². The molecule has 3 heterocycles. The zero-order valence-electron chi connectivity index (χ0n) is 12.3. The fourth-order valence-corrected chi connectivity index (χ4v) is 2.67. The van der Waals surface area contributed by atoms with Gasteiger partial charge in [-0.25, -0.2) is 9.97 Å². The smallest absolute Gasteiger partial charge is 0.231 e. The lowest BCUT2D eigenvalue weighted by molar-refractivity contribution is -0.115. The highest BCUT2D eigenvalue weighted by atomic mass is 16.1. The third kappa shape index (κ3) is 3.29. The number of imidazole rings is 1. The van der Waals surface area contributed by atoms with E-state index < -0.39 is 0 Å². The zero-order chi connectivity index (χ0) is 14.7. The standard InChI is InChI=1S/C16H20N4O/c1-2-12-6-7-17-14(9-12)19-16(21)10-13-11-20-8-4-3-5-15(20)18-13/h6-7,9,11H,2-5,8,10H2,1H3,(H,17,19,21). The van der Waals surface area contributed by atoms with Gasteiger partial charge >= 0.3 is 0 Å². The second-order valence-corrected chi connectivity index (χ2v) is 5.43. The fourth-order valence-electron chi connectivity index (χ4n) is 2.67. The van der Waals surface area contributed by atoms with Crippen LogP contribution in [0.3, 0.4) is 0 Å². The van der Waals surface area contributed by atoms with Gasteiger partial charge in [0, 0.05) is 25.4 Å². The van der Waals surface area contributed by atoms with Gasteiger partial charge in [0.15, 0.2) is 0 Å². The summed E-state index contributed by atoms with van der Waals surface area (Å²) in [4.78, 5) is 20.8. The molecule has 0 atom stereocenters. The van der Waals surface area contributed by atoms with E-state index in [0.717, 1.165) is 36.5 Å². The Kier molecular flexibility index (Phi) is 3.99. The van der Waals surface area contributed by atoms with E-state index in [1.54, 1.807) is 6.20 Å². The van der Waals surface area contributed by atoms with Gasteiger partial charge in [0.2, 0.25) is 5.91 Å². The minimum absolute atomic E-state index is 0.0637. The van der Waals surface area contributed by atoms with E-state index in [1.165, 1.54) is 12.8 Å². The molecule has 0 unspecified atom stereocenters. The number of fused-ring (bicyclic) bond motifs is 1. The number of amides is 1. The molecule has 2 aromatic rings. The molecule has 1 amide bonds. The first-order valence-corrected chi connectivity index (χ1v) is 7.54. The third-order valence-corrected chi connectivity index (χ3v) is 3.80. The fraction of sp³-hybridized carbons (Fsp3) is 0.438. The molecule has 0 aromatic carbocycles. The molecule has 0 fully saturated rings. The van der Waals surface area contributed by atoms with Gasteiger partial charge in [-0.1, -0.05) is 6.92 Å². The summed E-state index contributed by atoms with van der Waals surface area (Å²) in [5.74, 6) is 1.66. The Morgan fingerprint density at radius 1 is 1.43 bits per heavy atom. The first-order valence-electron chi connectivity index (χ1n) is 7.54. The minimum atomic E-state index is -0.0637. The molecular formula is C16H20N4O. The van der Waals surface area contributed by atoms with E-state index in [4.69, 9.17) is 0 Å². The summed E-state index contributed by atoms with van der Waals surface area (Å²) in [5.41, 5.74) is 2.01. The molecule has 0 saturated heterocycles. The maximum Gasteiger partial charge on any atom is 0.231 e. The summed E-state index contributed by atoms with van der Waals surface area (Å²) in [6.07, 6.45) is 8.37. The number of pyridine rings is 1. The Bertz CT molecular complexity index is 624. The molecule has 0 spiro atoms. The largest absolute Gasteiger partial charge is 0.335 e. The predicted molar refractivity (Wildman–Crippen MR) is 81.1 cm³/mol. The number of carbonyl (C=O) groups excluding carboxylic acids is 1. The van der Waals surface area contributed by atoms with Crippen molar-refractivity contribution in [3.63, 3.8) is 0 Å². The molecule has 1 N–H and O–H groups in total. The number of hydrogen-bond acceptors (Lipinski definition) is 3. The van der Waals surface area contributed by atoms with Crippen molar-refractivity contribution in [2.24, 2.45) is 0 Å². The second kappa shape index (κ2) is 6.08. The van der Waals surface area contributed by atoms with Crippen LogP contribution in [0.25, 0.3) is 0 Å². The number of anilines is 1. The van der Waals surface area contributed by atoms with E-state index in [1.807, 2.05) is 18.3 Å². The van der Waals surface area contributed by atoms with Gasteiger partial charge in [-0.05, 0) is 37.0 Å². The maximum atomic E-state index is 12.1. The van der Waals surface area contributed by atoms with Gasteiger partial charge in [-0.15, -0.1) is 0 Å². The summed E-state index contributed by atoms with van der Waals surface area (Å²) in [7, 11) is 0. The Morgan fingerprint density at radius 2 is 2.33 bits per heavy atom. The van der Waals surface area contributed by atoms with Crippen molar-refractivity contribution in [2.75, 3.05) is 5.32 Å². The molecule has 0 bridgehead atoms. The molecule has 5 nitrogen and oxygen atoms in total. The average molecular weight is 284 g/mol. The van der Waals surface area contributed by atoms with Gasteiger partial charge in [0.1, 0.15) is 11.6 Å². The number of carbonyl (C=O) groups is 1. The monoisotopic (exact) mass is 284 g/mol. The Labute approximate surface area is 124 Å². The SMILES string of the molecule is CCc1ccnc(NC(=O)Cc2cn3c(n2)CCCC3)c1. The van der Waals surface area contributed by atoms with Crippen LogP contribution in [-0.2, 0) is 30.6 Å². The molecule has 110 valence electrons. The van der Waals surface area contributed by atoms with Crippen LogP contribution < -0.4 is 5.32 Å². The highest BCUT2D eigenvalue weighted by Gasteiger charge is 2.14. The number of hydrogen-bond donors (Lipinski definition) is 1. The molecule has 1 aliphatic rings. The number of nitrogens with one attached hydrogen (secondary N) is 1. The molecular weight excluding hydrogens is 264 g/mol. The first-order chi connectivity index (χ1) is 10.2. The van der Waals surface area contributed by atoms with E-state index in [0.29, 0.717) is 12.2 Å². The molecule has 0 aliphatic carbocycles. The average Bonchev–Trinajstić information content (AvgIpc) is 2.89. The number of nitrogens with zero attached hydrogens (tertiary/aromatic N) is 3. The summed E-state index contributed by atoms with van der Waals surface area (Å²) in [5, 5.41) is 2.85. The van der Waals surface area contributed by atoms with Crippen molar-refractivity contribution >= 4 is 11.7 Å². The van der Waals surface area contributed by atoms with E-state index in [9.17, 15) is 4.79 Å². The van der Waals surface area contributed by atoms with E-state index in [2.05, 4.69) is 26.8 Å². The quantitative estimate of drug-likeness (QED) is 0.937. The molecule has 2 aromatic heterocycles. The number of aryl methyl sites for hydroxylation is 3. The van der Waals surface area contributed by atoms with Gasteiger partial charge in [0.25, 0.3) is 0 Å². The van der Waals surface area contributed by atoms with Crippen molar-refractivity contribution in [1.29, 1.82) is 0 Å². The summed E-state index contributed by atoms with van der Waals surface area (Å²) in [6, 6.07) is 3.87. The van der Waals surface area contributed by atoms with Crippen molar-refractivity contribution in [3.05, 3.63) is 41.6 Å². The molecule has 21 heavy (non-hydrogen) atoms. The van der Waals surface area contributed by atoms with Crippen molar-refractivity contribution < 1.29 is 4.79 Å². The summed E-state index contributed by atoms with van der Waals surface area (Å²) >= 11 is 0. The van der Waals surface area contributed by atoms with Gasteiger partial charge in [0.05, 0.1) is 12.1 Å². The second-order valence-electron chi connectivity index (χ2n) is 5.43. The van der Waals surface area contributed by atoms with Gasteiger partial charge in [-0.2, -0.15) is 0 Å². The lowest BCUT2D eigenvalue weighted by Crippen LogP contribution is -2.15. The Balaban J connectivity index is 1.64. The minimum Gasteiger partial charge on any atom is -0.335 e. The normalized spacial score (nSPS) is 13.8. The topological polar surface area (TPSA) is 59.8 Å².